The predicted molar refractivity (Wildman–Crippen MR) is 138 cm³/mol. The smallest absolute Gasteiger partial charge is 0.257 e. The Hall–Kier alpha value is -3.04. The molecule has 4 heterocycles. The van der Waals surface area contributed by atoms with Crippen molar-refractivity contribution in [2.45, 2.75) is 33.1 Å². The number of carbonyl (C=O) groups is 2. The number of hydrogen-bond acceptors (Lipinski definition) is 7. The predicted octanol–water partition coefficient (Wildman–Crippen LogP) is 3.89. The summed E-state index contributed by atoms with van der Waals surface area (Å²) in [6.45, 7) is 7.75. The van der Waals surface area contributed by atoms with Crippen LogP contribution in [-0.2, 0) is 16.0 Å². The summed E-state index contributed by atoms with van der Waals surface area (Å²) in [6.07, 6.45) is 4.09. The molecule has 0 radical (unpaired) electrons. The van der Waals surface area contributed by atoms with E-state index in [0.717, 1.165) is 46.5 Å². The summed E-state index contributed by atoms with van der Waals surface area (Å²) in [5.41, 5.74) is 4.47. The van der Waals surface area contributed by atoms with E-state index >= 15 is 0 Å². The van der Waals surface area contributed by atoms with Gasteiger partial charge in [-0.15, -0.1) is 0 Å². The van der Waals surface area contributed by atoms with Gasteiger partial charge in [0.2, 0.25) is 5.91 Å². The molecular weight excluding hydrogens is 462 g/mol. The summed E-state index contributed by atoms with van der Waals surface area (Å²) in [4.78, 5) is 36.0. The first kappa shape index (κ1) is 23.7. The van der Waals surface area contributed by atoms with Gasteiger partial charge in [0.1, 0.15) is 4.83 Å². The lowest BCUT2D eigenvalue weighted by Crippen LogP contribution is -2.42. The lowest BCUT2D eigenvalue weighted by molar-refractivity contribution is -0.120. The molecule has 1 N–H and O–H groups in total. The van der Waals surface area contributed by atoms with Crippen LogP contribution in [0.1, 0.15) is 41.4 Å². The maximum atomic E-state index is 13.5. The summed E-state index contributed by atoms with van der Waals surface area (Å²) in [5.74, 6) is -0.0105. The van der Waals surface area contributed by atoms with E-state index in [2.05, 4.69) is 32.6 Å². The van der Waals surface area contributed by atoms with Crippen LogP contribution in [0, 0.1) is 12.8 Å². The molecule has 0 spiro atoms. The van der Waals surface area contributed by atoms with E-state index in [9.17, 15) is 9.59 Å². The monoisotopic (exact) mass is 493 g/mol. The molecule has 8 nitrogen and oxygen atoms in total. The van der Waals surface area contributed by atoms with Crippen molar-refractivity contribution in [2.24, 2.45) is 5.92 Å². The van der Waals surface area contributed by atoms with E-state index < -0.39 is 0 Å². The fourth-order valence-corrected chi connectivity index (χ4v) is 5.69. The number of hydrogen-bond donors (Lipinski definition) is 1. The molecule has 1 aromatic carbocycles. The number of aryl methyl sites for hydroxylation is 2. The van der Waals surface area contributed by atoms with E-state index in [0.29, 0.717) is 45.0 Å². The highest BCUT2D eigenvalue weighted by atomic mass is 32.1. The number of ether oxygens (including phenoxy) is 1. The lowest BCUT2D eigenvalue weighted by atomic mass is 9.94. The number of morpholine rings is 1. The third-order valence-corrected chi connectivity index (χ3v) is 7.81. The maximum Gasteiger partial charge on any atom is 0.257 e. The normalized spacial score (nSPS) is 17.1. The third-order valence-electron chi connectivity index (χ3n) is 6.96. The fourth-order valence-electron chi connectivity index (χ4n) is 4.94. The molecule has 0 bridgehead atoms. The summed E-state index contributed by atoms with van der Waals surface area (Å²) in [7, 11) is 0. The standard InChI is InChI=1S/C26H31N5O3S/c1-3-18-5-4-6-20(15-18)28-24(32)19-7-9-30(10-8-19)23-21(26(33)31-11-13-34-14-12-31)16-27-25-22(23)17(2)29-35-25/h4-6,15-16,19H,3,7-14H2,1-2H3,(H,28,32). The van der Waals surface area contributed by atoms with Crippen molar-refractivity contribution in [1.29, 1.82) is 0 Å². The first-order chi connectivity index (χ1) is 17.0. The Balaban J connectivity index is 1.35. The summed E-state index contributed by atoms with van der Waals surface area (Å²) in [5, 5.41) is 4.05. The number of rotatable bonds is 5. The number of fused-ring (bicyclic) bond motifs is 1. The molecule has 184 valence electrons. The van der Waals surface area contributed by atoms with Gasteiger partial charge in [0.15, 0.2) is 0 Å². The highest BCUT2D eigenvalue weighted by molar-refractivity contribution is 7.13. The number of anilines is 2. The summed E-state index contributed by atoms with van der Waals surface area (Å²) in [6, 6.07) is 8.03. The number of nitrogens with one attached hydrogen (secondary N) is 1. The Morgan fingerprint density at radius 3 is 2.69 bits per heavy atom. The Morgan fingerprint density at radius 1 is 1.17 bits per heavy atom. The zero-order chi connectivity index (χ0) is 24.4. The molecule has 0 saturated carbocycles. The number of piperidine rings is 1. The molecule has 2 aliphatic heterocycles. The van der Waals surface area contributed by atoms with Gasteiger partial charge in [-0.1, -0.05) is 19.1 Å². The number of carbonyl (C=O) groups excluding carboxylic acids is 2. The SMILES string of the molecule is CCc1cccc(NC(=O)C2CCN(c3c(C(=O)N4CCOCC4)cnc4snc(C)c34)CC2)c1. The van der Waals surface area contributed by atoms with Crippen LogP contribution in [0.3, 0.4) is 0 Å². The molecule has 0 atom stereocenters. The quantitative estimate of drug-likeness (QED) is 0.580. The molecule has 3 aromatic rings. The van der Waals surface area contributed by atoms with Crippen LogP contribution in [-0.4, -0.2) is 65.5 Å². The highest BCUT2D eigenvalue weighted by Crippen LogP contribution is 2.37. The fraction of sp³-hybridized carbons (Fsp3) is 0.462. The van der Waals surface area contributed by atoms with Gasteiger partial charge in [0.25, 0.3) is 5.91 Å². The van der Waals surface area contributed by atoms with E-state index in [-0.39, 0.29) is 17.7 Å². The topological polar surface area (TPSA) is 87.7 Å². The second-order valence-electron chi connectivity index (χ2n) is 9.18. The van der Waals surface area contributed by atoms with E-state index in [1.54, 1.807) is 6.20 Å². The minimum Gasteiger partial charge on any atom is -0.378 e. The van der Waals surface area contributed by atoms with Crippen LogP contribution in [0.15, 0.2) is 30.5 Å². The van der Waals surface area contributed by atoms with Crippen molar-refractivity contribution in [3.05, 3.63) is 47.3 Å². The zero-order valence-corrected chi connectivity index (χ0v) is 21.1. The van der Waals surface area contributed by atoms with E-state index in [1.807, 2.05) is 30.0 Å². The van der Waals surface area contributed by atoms with Crippen LogP contribution >= 0.6 is 11.5 Å². The van der Waals surface area contributed by atoms with Gasteiger partial charge < -0.3 is 19.9 Å². The van der Waals surface area contributed by atoms with Crippen LogP contribution in [0.5, 0.6) is 0 Å². The second-order valence-corrected chi connectivity index (χ2v) is 9.93. The number of aromatic nitrogens is 2. The number of nitrogens with zero attached hydrogens (tertiary/aromatic N) is 4. The number of amides is 2. The zero-order valence-electron chi connectivity index (χ0n) is 20.2. The van der Waals surface area contributed by atoms with E-state index in [1.165, 1.54) is 17.1 Å². The molecule has 0 aliphatic carbocycles. The molecule has 9 heteroatoms. The van der Waals surface area contributed by atoms with Gasteiger partial charge in [0, 0.05) is 44.0 Å². The Labute approximate surface area is 209 Å². The molecule has 35 heavy (non-hydrogen) atoms. The molecule has 2 aliphatic rings. The maximum absolute atomic E-state index is 13.5. The van der Waals surface area contributed by atoms with Gasteiger partial charge in [-0.2, -0.15) is 4.37 Å². The lowest BCUT2D eigenvalue weighted by Gasteiger charge is -2.35. The largest absolute Gasteiger partial charge is 0.378 e. The molecule has 2 amide bonds. The Bertz CT molecular complexity index is 1230. The van der Waals surface area contributed by atoms with Crippen molar-refractivity contribution in [1.82, 2.24) is 14.3 Å². The van der Waals surface area contributed by atoms with Crippen molar-refractivity contribution < 1.29 is 14.3 Å². The molecule has 0 unspecified atom stereocenters. The van der Waals surface area contributed by atoms with Crippen molar-refractivity contribution in [2.75, 3.05) is 49.6 Å². The van der Waals surface area contributed by atoms with Gasteiger partial charge in [-0.3, -0.25) is 9.59 Å². The second kappa shape index (κ2) is 10.3. The summed E-state index contributed by atoms with van der Waals surface area (Å²) >= 11 is 1.36. The first-order valence-corrected chi connectivity index (χ1v) is 13.1. The van der Waals surface area contributed by atoms with Gasteiger partial charge in [0.05, 0.1) is 35.5 Å². The average Bonchev–Trinajstić information content (AvgIpc) is 3.29. The van der Waals surface area contributed by atoms with Crippen molar-refractivity contribution in [3.63, 3.8) is 0 Å². The summed E-state index contributed by atoms with van der Waals surface area (Å²) < 4.78 is 9.94. The average molecular weight is 494 g/mol. The molecule has 2 fully saturated rings. The van der Waals surface area contributed by atoms with Crippen LogP contribution in [0.4, 0.5) is 11.4 Å². The molecule has 2 saturated heterocycles. The van der Waals surface area contributed by atoms with E-state index in [4.69, 9.17) is 4.74 Å². The van der Waals surface area contributed by atoms with Crippen molar-refractivity contribution >= 4 is 44.9 Å². The minimum absolute atomic E-state index is 0.0148. The minimum atomic E-state index is -0.0612. The Kier molecular flexibility index (Phi) is 6.97. The molecular formula is C26H31N5O3S. The van der Waals surface area contributed by atoms with Gasteiger partial charge >= 0.3 is 0 Å². The number of benzene rings is 1. The molecule has 5 rings (SSSR count). The van der Waals surface area contributed by atoms with Gasteiger partial charge in [-0.25, -0.2) is 4.98 Å². The highest BCUT2D eigenvalue weighted by Gasteiger charge is 2.31. The molecule has 2 aromatic heterocycles. The third kappa shape index (κ3) is 4.88. The van der Waals surface area contributed by atoms with Crippen LogP contribution < -0.4 is 10.2 Å². The number of pyridine rings is 1. The van der Waals surface area contributed by atoms with Crippen LogP contribution in [0.2, 0.25) is 0 Å². The van der Waals surface area contributed by atoms with Crippen LogP contribution in [0.25, 0.3) is 10.2 Å². The Morgan fingerprint density at radius 2 is 1.94 bits per heavy atom. The van der Waals surface area contributed by atoms with Gasteiger partial charge in [-0.05, 0) is 55.4 Å². The van der Waals surface area contributed by atoms with Crippen molar-refractivity contribution in [3.8, 4) is 0 Å². The first-order valence-electron chi connectivity index (χ1n) is 12.3.